The Bertz CT molecular complexity index is 925. The number of benzene rings is 2. The topological polar surface area (TPSA) is 105 Å². The molecule has 8 heteroatoms. The molecule has 26 heavy (non-hydrogen) atoms. The van der Waals surface area contributed by atoms with Crippen LogP contribution in [0.15, 0.2) is 94.3 Å². The van der Waals surface area contributed by atoms with Crippen LogP contribution in [-0.2, 0) is 0 Å². The molecule has 1 N–H and O–H groups in total. The molecule has 1 heterocycles. The summed E-state index contributed by atoms with van der Waals surface area (Å²) in [6, 6.07) is 20.6. The van der Waals surface area contributed by atoms with Crippen molar-refractivity contribution in [2.24, 2.45) is 15.3 Å². The Morgan fingerprint density at radius 2 is 1.69 bits per heavy atom. The van der Waals surface area contributed by atoms with Crippen molar-refractivity contribution >= 4 is 23.0 Å². The Kier molecular flexibility index (Phi) is 5.36. The van der Waals surface area contributed by atoms with Crippen molar-refractivity contribution < 1.29 is 4.92 Å². The lowest BCUT2D eigenvalue weighted by Crippen LogP contribution is -2.01. The molecule has 0 saturated heterocycles. The van der Waals surface area contributed by atoms with Gasteiger partial charge in [0.05, 0.1) is 10.6 Å². The Morgan fingerprint density at radius 3 is 2.35 bits per heavy atom. The second-order valence-electron chi connectivity index (χ2n) is 5.10. The van der Waals surface area contributed by atoms with Gasteiger partial charge < -0.3 is 0 Å². The van der Waals surface area contributed by atoms with Crippen molar-refractivity contribution in [1.29, 1.82) is 0 Å². The van der Waals surface area contributed by atoms with Crippen LogP contribution in [0.5, 0.6) is 0 Å². The lowest BCUT2D eigenvalue weighted by molar-refractivity contribution is -0.384. The number of nitro groups is 1. The van der Waals surface area contributed by atoms with Crippen LogP contribution < -0.4 is 5.43 Å². The van der Waals surface area contributed by atoms with Gasteiger partial charge in [0.25, 0.3) is 5.69 Å². The van der Waals surface area contributed by atoms with Gasteiger partial charge in [-0.3, -0.25) is 15.5 Å². The number of non-ortho nitro benzene ring substituents is 1. The van der Waals surface area contributed by atoms with Crippen LogP contribution >= 0.6 is 0 Å². The van der Waals surface area contributed by atoms with Gasteiger partial charge in [0.1, 0.15) is 5.82 Å². The normalized spacial score (nSPS) is 11.5. The maximum Gasteiger partial charge on any atom is 0.269 e. The standard InChI is InChI=1S/C18H14N6O2/c25-24(26)16-11-9-15(10-12-16)20-22-18(14-6-2-1-3-7-14)23-21-17-8-4-5-13-19-17/h1-13H,(H,19,21). The zero-order valence-corrected chi connectivity index (χ0v) is 13.6. The molecule has 2 aromatic carbocycles. The van der Waals surface area contributed by atoms with Gasteiger partial charge in [0, 0.05) is 23.9 Å². The van der Waals surface area contributed by atoms with E-state index < -0.39 is 4.92 Å². The number of hydrazone groups is 1. The van der Waals surface area contributed by atoms with E-state index in [1.54, 1.807) is 18.3 Å². The minimum Gasteiger partial charge on any atom is -0.259 e. The number of aromatic nitrogens is 1. The summed E-state index contributed by atoms with van der Waals surface area (Å²) in [6.45, 7) is 0. The number of amidine groups is 1. The third-order valence-electron chi connectivity index (χ3n) is 3.29. The first-order chi connectivity index (χ1) is 12.7. The molecule has 0 amide bonds. The van der Waals surface area contributed by atoms with Crippen LogP contribution in [0, 0.1) is 10.1 Å². The molecule has 0 fully saturated rings. The van der Waals surface area contributed by atoms with Crippen LogP contribution in [0.25, 0.3) is 0 Å². The molecular formula is C18H14N6O2. The number of nitrogens with zero attached hydrogens (tertiary/aromatic N) is 5. The van der Waals surface area contributed by atoms with Gasteiger partial charge in [-0.05, 0) is 24.3 Å². The Morgan fingerprint density at radius 1 is 0.962 bits per heavy atom. The van der Waals surface area contributed by atoms with E-state index in [1.807, 2.05) is 36.4 Å². The number of azo groups is 1. The minimum atomic E-state index is -0.464. The average molecular weight is 346 g/mol. The predicted octanol–water partition coefficient (Wildman–Crippen LogP) is 4.55. The fourth-order valence-corrected chi connectivity index (χ4v) is 2.02. The lowest BCUT2D eigenvalue weighted by Gasteiger charge is -2.02. The van der Waals surface area contributed by atoms with Crippen LogP contribution in [0.3, 0.4) is 0 Å². The van der Waals surface area contributed by atoms with Crippen molar-refractivity contribution in [3.8, 4) is 0 Å². The third-order valence-corrected chi connectivity index (χ3v) is 3.29. The van der Waals surface area contributed by atoms with Gasteiger partial charge in [-0.1, -0.05) is 36.4 Å². The number of nitrogens with one attached hydrogen (secondary N) is 1. The highest BCUT2D eigenvalue weighted by molar-refractivity contribution is 5.99. The van der Waals surface area contributed by atoms with E-state index in [2.05, 4.69) is 25.7 Å². The molecule has 0 aliphatic carbocycles. The molecule has 0 aliphatic rings. The first kappa shape index (κ1) is 16.9. The van der Waals surface area contributed by atoms with Gasteiger partial charge in [0.2, 0.25) is 5.84 Å². The van der Waals surface area contributed by atoms with Gasteiger partial charge in [-0.15, -0.1) is 10.2 Å². The summed E-state index contributed by atoms with van der Waals surface area (Å²) in [5, 5.41) is 23.2. The first-order valence-electron chi connectivity index (χ1n) is 7.69. The minimum absolute atomic E-state index is 0.00211. The summed E-state index contributed by atoms with van der Waals surface area (Å²) in [7, 11) is 0. The first-order valence-corrected chi connectivity index (χ1v) is 7.69. The summed E-state index contributed by atoms with van der Waals surface area (Å²) < 4.78 is 0. The van der Waals surface area contributed by atoms with Gasteiger partial charge >= 0.3 is 0 Å². The summed E-state index contributed by atoms with van der Waals surface area (Å²) in [6.07, 6.45) is 1.65. The predicted molar refractivity (Wildman–Crippen MR) is 98.5 cm³/mol. The second kappa shape index (κ2) is 8.25. The van der Waals surface area contributed by atoms with Gasteiger partial charge in [-0.25, -0.2) is 4.98 Å². The molecule has 0 saturated carbocycles. The molecule has 0 radical (unpaired) electrons. The highest BCUT2D eigenvalue weighted by Gasteiger charge is 2.05. The molecule has 0 spiro atoms. The van der Waals surface area contributed by atoms with Crippen molar-refractivity contribution in [3.05, 3.63) is 94.7 Å². The number of anilines is 1. The van der Waals surface area contributed by atoms with Crippen LogP contribution in [0.4, 0.5) is 17.2 Å². The third kappa shape index (κ3) is 4.54. The Balaban J connectivity index is 1.84. The number of rotatable bonds is 5. The van der Waals surface area contributed by atoms with Crippen molar-refractivity contribution in [2.45, 2.75) is 0 Å². The van der Waals surface area contributed by atoms with Gasteiger partial charge in [-0.2, -0.15) is 5.10 Å². The number of hydrogen-bond acceptors (Lipinski definition) is 6. The molecule has 0 bridgehead atoms. The van der Waals surface area contributed by atoms with E-state index in [4.69, 9.17) is 0 Å². The molecule has 0 atom stereocenters. The molecule has 0 unspecified atom stereocenters. The van der Waals surface area contributed by atoms with Crippen molar-refractivity contribution in [3.63, 3.8) is 0 Å². The molecule has 0 aliphatic heterocycles. The van der Waals surface area contributed by atoms with E-state index in [1.165, 1.54) is 24.3 Å². The molecule has 1 aromatic heterocycles. The van der Waals surface area contributed by atoms with Crippen molar-refractivity contribution in [1.82, 2.24) is 4.98 Å². The molecular weight excluding hydrogens is 332 g/mol. The fourth-order valence-electron chi connectivity index (χ4n) is 2.02. The van der Waals surface area contributed by atoms with E-state index in [0.29, 0.717) is 17.3 Å². The molecule has 128 valence electrons. The summed E-state index contributed by atoms with van der Waals surface area (Å²) in [5.41, 5.74) is 4.08. The highest BCUT2D eigenvalue weighted by atomic mass is 16.6. The summed E-state index contributed by atoms with van der Waals surface area (Å²) in [4.78, 5) is 14.4. The van der Waals surface area contributed by atoms with Crippen molar-refractivity contribution in [2.75, 3.05) is 5.43 Å². The smallest absolute Gasteiger partial charge is 0.259 e. The molecule has 8 nitrogen and oxygen atoms in total. The monoisotopic (exact) mass is 346 g/mol. The van der Waals surface area contributed by atoms with Crippen LogP contribution in [-0.4, -0.2) is 15.7 Å². The second-order valence-corrected chi connectivity index (χ2v) is 5.10. The average Bonchev–Trinajstić information content (AvgIpc) is 2.70. The summed E-state index contributed by atoms with van der Waals surface area (Å²) in [5.74, 6) is 0.932. The SMILES string of the molecule is O=[N+]([O-])c1ccc(N=NC(=NNc2ccccn2)c2ccccc2)cc1. The number of nitro benzene ring substituents is 1. The number of pyridine rings is 1. The van der Waals surface area contributed by atoms with E-state index in [9.17, 15) is 10.1 Å². The van der Waals surface area contributed by atoms with Crippen LogP contribution in [0.1, 0.15) is 5.56 Å². The zero-order valence-electron chi connectivity index (χ0n) is 13.6. The highest BCUT2D eigenvalue weighted by Crippen LogP contribution is 2.18. The van der Waals surface area contributed by atoms with Crippen LogP contribution in [0.2, 0.25) is 0 Å². The quantitative estimate of drug-likeness (QED) is 0.240. The lowest BCUT2D eigenvalue weighted by atomic mass is 10.2. The largest absolute Gasteiger partial charge is 0.269 e. The number of hydrogen-bond donors (Lipinski definition) is 1. The maximum absolute atomic E-state index is 10.7. The van der Waals surface area contributed by atoms with Gasteiger partial charge in [0.15, 0.2) is 0 Å². The maximum atomic E-state index is 10.7. The Hall–Kier alpha value is -3.94. The zero-order chi connectivity index (χ0) is 18.2. The van der Waals surface area contributed by atoms with E-state index in [-0.39, 0.29) is 5.69 Å². The molecule has 3 rings (SSSR count). The van der Waals surface area contributed by atoms with E-state index in [0.717, 1.165) is 5.56 Å². The van der Waals surface area contributed by atoms with E-state index >= 15 is 0 Å². The Labute approximate surface area is 149 Å². The summed E-state index contributed by atoms with van der Waals surface area (Å²) >= 11 is 0. The fraction of sp³-hybridized carbons (Fsp3) is 0. The molecule has 3 aromatic rings.